The molecule has 0 saturated carbocycles. The van der Waals surface area contributed by atoms with E-state index in [1.54, 1.807) is 24.3 Å². The van der Waals surface area contributed by atoms with Crippen molar-refractivity contribution in [3.63, 3.8) is 0 Å². The van der Waals surface area contributed by atoms with Crippen LogP contribution < -0.4 is 11.3 Å². The average molecular weight is 175 g/mol. The molecule has 3 N–H and O–H groups in total. The van der Waals surface area contributed by atoms with E-state index in [2.05, 4.69) is 0 Å². The zero-order chi connectivity index (χ0) is 9.68. The highest BCUT2D eigenvalue weighted by Crippen LogP contribution is 2.13. The number of rotatable bonds is 2. The number of amides is 1. The lowest BCUT2D eigenvalue weighted by Gasteiger charge is -2.06. The summed E-state index contributed by atoms with van der Waals surface area (Å²) in [6.45, 7) is 0. The minimum Gasteiger partial charge on any atom is -0.293 e. The maximum Gasteiger partial charge on any atom is 0.255 e. The molecule has 1 amide bonds. The minimum absolute atomic E-state index is 0.492. The summed E-state index contributed by atoms with van der Waals surface area (Å²) in [5.74, 6) is 3.62. The number of hydrogen-bond acceptors (Lipinski definition) is 3. The van der Waals surface area contributed by atoms with Gasteiger partial charge in [-0.25, -0.2) is 5.84 Å². The number of carbonyl (C=O) groups is 1. The molecule has 1 aromatic rings. The molecule has 1 aromatic carbocycles. The quantitative estimate of drug-likeness (QED) is 0.385. The molecule has 0 radical (unpaired) electrons. The van der Waals surface area contributed by atoms with Crippen molar-refractivity contribution in [2.75, 3.05) is 0 Å². The third-order valence-electron chi connectivity index (χ3n) is 1.67. The molecule has 0 aliphatic carbocycles. The predicted molar refractivity (Wildman–Crippen MR) is 47.1 cm³/mol. The second kappa shape index (κ2) is 4.24. The molecule has 0 spiro atoms. The summed E-state index contributed by atoms with van der Waals surface area (Å²) < 4.78 is 0. The first-order valence-electron chi connectivity index (χ1n) is 3.74. The van der Waals surface area contributed by atoms with Crippen molar-refractivity contribution >= 4 is 5.91 Å². The van der Waals surface area contributed by atoms with Gasteiger partial charge >= 0.3 is 0 Å². The Labute approximate surface area is 75.9 Å². The van der Waals surface area contributed by atoms with Crippen LogP contribution in [-0.2, 0) is 4.79 Å². The van der Waals surface area contributed by atoms with Crippen LogP contribution in [0.15, 0.2) is 30.3 Å². The predicted octanol–water partition coefficient (Wildman–Crippen LogP) is 0.284. The first-order chi connectivity index (χ1) is 6.29. The first kappa shape index (κ1) is 9.23. The second-order valence-electron chi connectivity index (χ2n) is 2.48. The number of carbonyl (C=O) groups excluding carboxylic acids is 1. The Balaban J connectivity index is 2.93. The Bertz CT molecular complexity index is 328. The molecule has 1 rings (SSSR count). The molecular formula is C9H9N3O. The number of hydrazine groups is 1. The molecule has 0 heterocycles. The van der Waals surface area contributed by atoms with E-state index in [0.717, 1.165) is 0 Å². The van der Waals surface area contributed by atoms with Crippen LogP contribution in [-0.4, -0.2) is 5.91 Å². The normalized spacial score (nSPS) is 11.4. The highest BCUT2D eigenvalue weighted by atomic mass is 16.2. The smallest absolute Gasteiger partial charge is 0.255 e. The van der Waals surface area contributed by atoms with Crippen LogP contribution in [0.1, 0.15) is 11.5 Å². The lowest BCUT2D eigenvalue weighted by atomic mass is 10.0. The maximum absolute atomic E-state index is 11.1. The van der Waals surface area contributed by atoms with Crippen LogP contribution in [0.2, 0.25) is 0 Å². The number of nitriles is 1. The summed E-state index contributed by atoms with van der Waals surface area (Å²) in [5, 5.41) is 8.71. The molecule has 0 aromatic heterocycles. The monoisotopic (exact) mass is 175 g/mol. The van der Waals surface area contributed by atoms with Gasteiger partial charge in [-0.2, -0.15) is 5.26 Å². The van der Waals surface area contributed by atoms with Crippen molar-refractivity contribution in [2.45, 2.75) is 5.92 Å². The summed E-state index contributed by atoms with van der Waals surface area (Å²) in [6, 6.07) is 10.7. The van der Waals surface area contributed by atoms with Crippen molar-refractivity contribution in [1.82, 2.24) is 5.43 Å². The molecule has 0 aliphatic rings. The fraction of sp³-hybridized carbons (Fsp3) is 0.111. The summed E-state index contributed by atoms with van der Waals surface area (Å²) in [4.78, 5) is 11.1. The summed E-state index contributed by atoms with van der Waals surface area (Å²) >= 11 is 0. The zero-order valence-corrected chi connectivity index (χ0v) is 6.90. The molecular weight excluding hydrogens is 166 g/mol. The van der Waals surface area contributed by atoms with Gasteiger partial charge in [0.1, 0.15) is 0 Å². The van der Waals surface area contributed by atoms with Crippen molar-refractivity contribution in [2.24, 2.45) is 5.84 Å². The molecule has 1 unspecified atom stereocenters. The van der Waals surface area contributed by atoms with E-state index in [4.69, 9.17) is 11.1 Å². The minimum atomic E-state index is -0.828. The molecule has 13 heavy (non-hydrogen) atoms. The van der Waals surface area contributed by atoms with E-state index in [0.29, 0.717) is 5.56 Å². The Morgan fingerprint density at radius 1 is 1.46 bits per heavy atom. The number of benzene rings is 1. The topological polar surface area (TPSA) is 78.9 Å². The number of nitrogens with two attached hydrogens (primary N) is 1. The number of nitrogens with one attached hydrogen (secondary N) is 1. The van der Waals surface area contributed by atoms with Crippen LogP contribution in [0, 0.1) is 11.3 Å². The van der Waals surface area contributed by atoms with Crippen molar-refractivity contribution < 1.29 is 4.79 Å². The largest absolute Gasteiger partial charge is 0.293 e. The van der Waals surface area contributed by atoms with Gasteiger partial charge in [-0.15, -0.1) is 0 Å². The van der Waals surface area contributed by atoms with Crippen LogP contribution in [0.4, 0.5) is 0 Å². The highest BCUT2D eigenvalue weighted by Gasteiger charge is 2.17. The van der Waals surface area contributed by atoms with Crippen LogP contribution in [0.3, 0.4) is 0 Å². The lowest BCUT2D eigenvalue weighted by molar-refractivity contribution is -0.121. The fourth-order valence-corrected chi connectivity index (χ4v) is 1.01. The van der Waals surface area contributed by atoms with E-state index in [1.807, 2.05) is 17.6 Å². The molecule has 4 nitrogen and oxygen atoms in total. The molecule has 0 aliphatic heterocycles. The third kappa shape index (κ3) is 2.04. The van der Waals surface area contributed by atoms with Gasteiger partial charge in [0.15, 0.2) is 5.92 Å². The van der Waals surface area contributed by atoms with Crippen molar-refractivity contribution in [3.8, 4) is 6.07 Å². The standard InChI is InChI=1S/C9H9N3O/c10-6-8(9(13)12-11)7-4-2-1-3-5-7/h1-5,8H,11H2,(H,12,13). The van der Waals surface area contributed by atoms with Gasteiger partial charge in [0.2, 0.25) is 0 Å². The van der Waals surface area contributed by atoms with E-state index < -0.39 is 11.8 Å². The number of nitrogens with zero attached hydrogens (tertiary/aromatic N) is 1. The summed E-state index contributed by atoms with van der Waals surface area (Å²) in [7, 11) is 0. The summed E-state index contributed by atoms with van der Waals surface area (Å²) in [5.41, 5.74) is 2.60. The van der Waals surface area contributed by atoms with E-state index in [-0.39, 0.29) is 0 Å². The van der Waals surface area contributed by atoms with Crippen molar-refractivity contribution in [3.05, 3.63) is 35.9 Å². The fourth-order valence-electron chi connectivity index (χ4n) is 1.01. The zero-order valence-electron chi connectivity index (χ0n) is 6.90. The third-order valence-corrected chi connectivity index (χ3v) is 1.67. The molecule has 66 valence electrons. The Morgan fingerprint density at radius 2 is 2.08 bits per heavy atom. The van der Waals surface area contributed by atoms with Crippen LogP contribution in [0.5, 0.6) is 0 Å². The summed E-state index contributed by atoms with van der Waals surface area (Å²) in [6.07, 6.45) is 0. The van der Waals surface area contributed by atoms with E-state index in [1.165, 1.54) is 0 Å². The van der Waals surface area contributed by atoms with Gasteiger partial charge in [-0.3, -0.25) is 10.2 Å². The van der Waals surface area contributed by atoms with Gasteiger partial charge in [-0.05, 0) is 5.56 Å². The van der Waals surface area contributed by atoms with E-state index in [9.17, 15) is 4.79 Å². The molecule has 0 bridgehead atoms. The first-order valence-corrected chi connectivity index (χ1v) is 3.74. The Kier molecular flexibility index (Phi) is 3.01. The van der Waals surface area contributed by atoms with Gasteiger partial charge in [0.05, 0.1) is 6.07 Å². The molecule has 4 heteroatoms. The Morgan fingerprint density at radius 3 is 2.54 bits per heavy atom. The highest BCUT2D eigenvalue weighted by molar-refractivity contribution is 5.85. The second-order valence-corrected chi connectivity index (χ2v) is 2.48. The molecule has 1 atom stereocenters. The van der Waals surface area contributed by atoms with E-state index >= 15 is 0 Å². The number of hydrogen-bond donors (Lipinski definition) is 2. The maximum atomic E-state index is 11.1. The molecule has 0 fully saturated rings. The Hall–Kier alpha value is -1.86. The van der Waals surface area contributed by atoms with Crippen molar-refractivity contribution in [1.29, 1.82) is 5.26 Å². The van der Waals surface area contributed by atoms with Gasteiger partial charge in [0, 0.05) is 0 Å². The van der Waals surface area contributed by atoms with Gasteiger partial charge in [0.25, 0.3) is 5.91 Å². The average Bonchev–Trinajstić information content (AvgIpc) is 2.20. The SMILES string of the molecule is N#CC(C(=O)NN)c1ccccc1. The van der Waals surface area contributed by atoms with Gasteiger partial charge in [-0.1, -0.05) is 30.3 Å². The lowest BCUT2D eigenvalue weighted by Crippen LogP contribution is -2.34. The van der Waals surface area contributed by atoms with Crippen LogP contribution in [0.25, 0.3) is 0 Å². The van der Waals surface area contributed by atoms with Crippen LogP contribution >= 0.6 is 0 Å². The van der Waals surface area contributed by atoms with Gasteiger partial charge < -0.3 is 0 Å². The molecule has 0 saturated heterocycles.